The second-order valence-electron chi connectivity index (χ2n) is 4.37. The van der Waals surface area contributed by atoms with E-state index in [4.69, 9.17) is 0 Å². The van der Waals surface area contributed by atoms with Crippen LogP contribution in [0.25, 0.3) is 0 Å². The Bertz CT molecular complexity index is 521. The summed E-state index contributed by atoms with van der Waals surface area (Å²) in [6.45, 7) is 4.29. The molecule has 6 nitrogen and oxygen atoms in total. The number of hydrogen-bond acceptors (Lipinski definition) is 4. The number of amides is 1. The third kappa shape index (κ3) is 4.08. The fourth-order valence-corrected chi connectivity index (χ4v) is 1.80. The first-order valence-electron chi connectivity index (χ1n) is 6.73. The van der Waals surface area contributed by atoms with Gasteiger partial charge in [-0.05, 0) is 25.5 Å². The van der Waals surface area contributed by atoms with Crippen molar-refractivity contribution in [2.45, 2.75) is 19.9 Å². The molecule has 1 amide bonds. The first-order chi connectivity index (χ1) is 9.79. The summed E-state index contributed by atoms with van der Waals surface area (Å²) in [7, 11) is 0. The van der Waals surface area contributed by atoms with Gasteiger partial charge in [-0.15, -0.1) is 0 Å². The minimum absolute atomic E-state index is 0.0915. The number of imidazole rings is 1. The summed E-state index contributed by atoms with van der Waals surface area (Å²) in [6, 6.07) is 3.58. The van der Waals surface area contributed by atoms with Crippen molar-refractivity contribution in [1.29, 1.82) is 0 Å². The third-order valence-corrected chi connectivity index (χ3v) is 2.82. The number of carbonyl (C=O) groups is 1. The van der Waals surface area contributed by atoms with Crippen LogP contribution in [0.15, 0.2) is 37.1 Å². The van der Waals surface area contributed by atoms with Crippen molar-refractivity contribution in [3.05, 3.63) is 42.6 Å². The SMILES string of the molecule is CCNc1ccc(C(=O)NCCCn2ccnc2)cn1. The van der Waals surface area contributed by atoms with Crippen LogP contribution in [0.2, 0.25) is 0 Å². The Morgan fingerprint density at radius 1 is 1.40 bits per heavy atom. The number of aryl methyl sites for hydroxylation is 1. The van der Waals surface area contributed by atoms with Gasteiger partial charge in [-0.2, -0.15) is 0 Å². The van der Waals surface area contributed by atoms with Gasteiger partial charge >= 0.3 is 0 Å². The Hall–Kier alpha value is -2.37. The van der Waals surface area contributed by atoms with Gasteiger partial charge in [0, 0.05) is 38.2 Å². The highest BCUT2D eigenvalue weighted by Crippen LogP contribution is 2.04. The Labute approximate surface area is 118 Å². The molecule has 0 aliphatic heterocycles. The lowest BCUT2D eigenvalue weighted by Crippen LogP contribution is -2.25. The maximum atomic E-state index is 11.9. The molecule has 2 N–H and O–H groups in total. The summed E-state index contributed by atoms with van der Waals surface area (Å²) in [5.41, 5.74) is 0.578. The van der Waals surface area contributed by atoms with Crippen LogP contribution in [-0.2, 0) is 6.54 Å². The number of rotatable bonds is 7. The van der Waals surface area contributed by atoms with Crippen LogP contribution in [0.4, 0.5) is 5.82 Å². The van der Waals surface area contributed by atoms with Gasteiger partial charge in [-0.25, -0.2) is 9.97 Å². The predicted octanol–water partition coefficient (Wildman–Crippen LogP) is 1.53. The molecule has 0 atom stereocenters. The molecule has 0 saturated heterocycles. The molecule has 106 valence electrons. The van der Waals surface area contributed by atoms with Crippen LogP contribution in [0.1, 0.15) is 23.7 Å². The molecule has 0 spiro atoms. The zero-order chi connectivity index (χ0) is 14.2. The largest absolute Gasteiger partial charge is 0.370 e. The topological polar surface area (TPSA) is 71.8 Å². The Kier molecular flexibility index (Phi) is 5.11. The Balaban J connectivity index is 1.73. The molecule has 0 bridgehead atoms. The van der Waals surface area contributed by atoms with Gasteiger partial charge in [0.15, 0.2) is 0 Å². The fraction of sp³-hybridized carbons (Fsp3) is 0.357. The number of carbonyl (C=O) groups excluding carboxylic acids is 1. The number of nitrogens with one attached hydrogen (secondary N) is 2. The van der Waals surface area contributed by atoms with Crippen molar-refractivity contribution in [3.63, 3.8) is 0 Å². The van der Waals surface area contributed by atoms with E-state index in [1.807, 2.05) is 23.8 Å². The van der Waals surface area contributed by atoms with Gasteiger partial charge < -0.3 is 15.2 Å². The molecule has 0 aliphatic rings. The number of pyridine rings is 1. The summed E-state index contributed by atoms with van der Waals surface area (Å²) in [4.78, 5) is 20.0. The van der Waals surface area contributed by atoms with Gasteiger partial charge in [0.05, 0.1) is 11.9 Å². The van der Waals surface area contributed by atoms with Crippen molar-refractivity contribution in [2.24, 2.45) is 0 Å². The van der Waals surface area contributed by atoms with Gasteiger partial charge in [-0.3, -0.25) is 4.79 Å². The lowest BCUT2D eigenvalue weighted by Gasteiger charge is -2.06. The van der Waals surface area contributed by atoms with Gasteiger partial charge in [0.1, 0.15) is 5.82 Å². The number of hydrogen-bond donors (Lipinski definition) is 2. The zero-order valence-corrected chi connectivity index (χ0v) is 11.5. The van der Waals surface area contributed by atoms with Gasteiger partial charge in [0.2, 0.25) is 0 Å². The third-order valence-electron chi connectivity index (χ3n) is 2.82. The van der Waals surface area contributed by atoms with Crippen molar-refractivity contribution in [3.8, 4) is 0 Å². The molecule has 0 aromatic carbocycles. The average Bonchev–Trinajstić information content (AvgIpc) is 2.98. The van der Waals surface area contributed by atoms with Crippen LogP contribution >= 0.6 is 0 Å². The van der Waals surface area contributed by atoms with Crippen LogP contribution < -0.4 is 10.6 Å². The van der Waals surface area contributed by atoms with Crippen LogP contribution in [0.5, 0.6) is 0 Å². The summed E-state index contributed by atoms with van der Waals surface area (Å²) < 4.78 is 1.99. The molecule has 0 unspecified atom stereocenters. The number of aromatic nitrogens is 3. The number of anilines is 1. The zero-order valence-electron chi connectivity index (χ0n) is 11.5. The molecule has 2 aromatic heterocycles. The molecule has 6 heteroatoms. The summed E-state index contributed by atoms with van der Waals surface area (Å²) in [5, 5.41) is 5.97. The second-order valence-corrected chi connectivity index (χ2v) is 4.37. The molecule has 0 radical (unpaired) electrons. The van der Waals surface area contributed by atoms with Crippen molar-refractivity contribution < 1.29 is 4.79 Å². The smallest absolute Gasteiger partial charge is 0.252 e. The predicted molar refractivity (Wildman–Crippen MR) is 77.6 cm³/mol. The van der Waals surface area contributed by atoms with E-state index in [9.17, 15) is 4.79 Å². The highest BCUT2D eigenvalue weighted by Gasteiger charge is 2.05. The molecule has 0 fully saturated rings. The van der Waals surface area contributed by atoms with E-state index in [2.05, 4.69) is 20.6 Å². The van der Waals surface area contributed by atoms with Crippen LogP contribution in [-0.4, -0.2) is 33.5 Å². The molecule has 2 rings (SSSR count). The fourth-order valence-electron chi connectivity index (χ4n) is 1.80. The summed E-state index contributed by atoms with van der Waals surface area (Å²) in [5.74, 6) is 0.690. The van der Waals surface area contributed by atoms with Crippen LogP contribution in [0.3, 0.4) is 0 Å². The molecular formula is C14H19N5O. The van der Waals surface area contributed by atoms with E-state index in [0.717, 1.165) is 25.3 Å². The Morgan fingerprint density at radius 3 is 2.95 bits per heavy atom. The minimum Gasteiger partial charge on any atom is -0.370 e. The van der Waals surface area contributed by atoms with E-state index in [-0.39, 0.29) is 5.91 Å². The highest BCUT2D eigenvalue weighted by atomic mass is 16.1. The first-order valence-corrected chi connectivity index (χ1v) is 6.73. The molecule has 20 heavy (non-hydrogen) atoms. The van der Waals surface area contributed by atoms with E-state index in [1.54, 1.807) is 24.8 Å². The molecule has 0 aliphatic carbocycles. The quantitative estimate of drug-likeness (QED) is 0.750. The summed E-state index contributed by atoms with van der Waals surface area (Å²) >= 11 is 0. The van der Waals surface area contributed by atoms with Crippen molar-refractivity contribution in [2.75, 3.05) is 18.4 Å². The molecular weight excluding hydrogens is 254 g/mol. The van der Waals surface area contributed by atoms with Crippen LogP contribution in [0, 0.1) is 0 Å². The van der Waals surface area contributed by atoms with Crippen molar-refractivity contribution in [1.82, 2.24) is 19.9 Å². The van der Waals surface area contributed by atoms with Gasteiger partial charge in [-0.1, -0.05) is 0 Å². The minimum atomic E-state index is -0.0915. The lowest BCUT2D eigenvalue weighted by molar-refractivity contribution is 0.0952. The van der Waals surface area contributed by atoms with E-state index in [1.165, 1.54) is 0 Å². The van der Waals surface area contributed by atoms with E-state index >= 15 is 0 Å². The lowest BCUT2D eigenvalue weighted by atomic mass is 10.2. The van der Waals surface area contributed by atoms with Crippen molar-refractivity contribution >= 4 is 11.7 Å². The average molecular weight is 273 g/mol. The molecule has 2 aromatic rings. The van der Waals surface area contributed by atoms with E-state index in [0.29, 0.717) is 12.1 Å². The summed E-state index contributed by atoms with van der Waals surface area (Å²) in [6.07, 6.45) is 7.88. The molecule has 0 saturated carbocycles. The maximum Gasteiger partial charge on any atom is 0.252 e. The maximum absolute atomic E-state index is 11.9. The standard InChI is InChI=1S/C14H19N5O/c1-2-16-13-5-4-12(10-18-13)14(20)17-6-3-8-19-9-7-15-11-19/h4-5,7,9-11H,2-3,6,8H2,1H3,(H,16,18)(H,17,20). The highest BCUT2D eigenvalue weighted by molar-refractivity contribution is 5.93. The monoisotopic (exact) mass is 273 g/mol. The van der Waals surface area contributed by atoms with E-state index < -0.39 is 0 Å². The molecule has 2 heterocycles. The Morgan fingerprint density at radius 2 is 2.30 bits per heavy atom. The first kappa shape index (κ1) is 14.0. The van der Waals surface area contributed by atoms with Gasteiger partial charge in [0.25, 0.3) is 5.91 Å². The number of nitrogens with zero attached hydrogens (tertiary/aromatic N) is 3. The normalized spacial score (nSPS) is 10.2. The second kappa shape index (κ2) is 7.28.